The number of carbonyl (C=O) groups is 1. The molecule has 0 heterocycles. The maximum atomic E-state index is 13.6. The molecule has 0 aromatic heterocycles. The number of aromatic hydroxyl groups is 1. The molecule has 0 saturated heterocycles. The molecule has 0 fully saturated rings. The molecule has 0 aliphatic heterocycles. The molecule has 7 heteroatoms. The van der Waals surface area contributed by atoms with Crippen LogP contribution in [0, 0.1) is 11.6 Å². The summed E-state index contributed by atoms with van der Waals surface area (Å²) in [5.41, 5.74) is 3.51. The van der Waals surface area contributed by atoms with Gasteiger partial charge < -0.3 is 9.84 Å². The Balaban J connectivity index is 1.72. The maximum absolute atomic E-state index is 13.6. The third kappa shape index (κ3) is 6.04. The summed E-state index contributed by atoms with van der Waals surface area (Å²) in [5, 5.41) is 11.6. The lowest BCUT2D eigenvalue weighted by Gasteiger charge is -2.21. The summed E-state index contributed by atoms with van der Waals surface area (Å²) in [7, 11) is 0. The van der Waals surface area contributed by atoms with E-state index in [0.717, 1.165) is 16.7 Å². The Bertz CT molecular complexity index is 1320. The van der Waals surface area contributed by atoms with Crippen LogP contribution in [0.1, 0.15) is 40.7 Å². The van der Waals surface area contributed by atoms with E-state index in [1.54, 1.807) is 48.5 Å². The van der Waals surface area contributed by atoms with Gasteiger partial charge in [-0.05, 0) is 71.6 Å². The van der Waals surface area contributed by atoms with Gasteiger partial charge in [-0.25, -0.2) is 8.78 Å². The van der Waals surface area contributed by atoms with Crippen molar-refractivity contribution in [1.29, 1.82) is 0 Å². The highest BCUT2D eigenvalue weighted by atomic mass is 35.5. The first-order valence-electron chi connectivity index (χ1n) is 11.1. The number of hydrogen-bond donors (Lipinski definition) is 1. The largest absolute Gasteiger partial charge is 0.508 e. The summed E-state index contributed by atoms with van der Waals surface area (Å²) in [6.07, 6.45) is 0.359. The van der Waals surface area contributed by atoms with Gasteiger partial charge in [0.05, 0.1) is 0 Å². The summed E-state index contributed by atoms with van der Waals surface area (Å²) >= 11 is 13.0. The van der Waals surface area contributed by atoms with Crippen LogP contribution in [0.2, 0.25) is 10.0 Å². The van der Waals surface area contributed by atoms with E-state index >= 15 is 0 Å². The highest BCUT2D eigenvalue weighted by Gasteiger charge is 2.21. The molecule has 0 radical (unpaired) electrons. The van der Waals surface area contributed by atoms with Crippen molar-refractivity contribution < 1.29 is 23.4 Å². The van der Waals surface area contributed by atoms with E-state index in [1.165, 1.54) is 31.2 Å². The Labute approximate surface area is 217 Å². The lowest BCUT2D eigenvalue weighted by molar-refractivity contribution is -0.118. The number of phenolic OH excluding ortho intramolecular Hbond substituents is 1. The molecule has 0 atom stereocenters. The van der Waals surface area contributed by atoms with E-state index in [1.807, 2.05) is 6.07 Å². The van der Waals surface area contributed by atoms with Gasteiger partial charge in [-0.2, -0.15) is 0 Å². The van der Waals surface area contributed by atoms with E-state index in [0.29, 0.717) is 33.3 Å². The van der Waals surface area contributed by atoms with Crippen LogP contribution in [0.5, 0.6) is 11.5 Å². The second-order valence-corrected chi connectivity index (χ2v) is 9.28. The summed E-state index contributed by atoms with van der Waals surface area (Å²) < 4.78 is 32.7. The van der Waals surface area contributed by atoms with Crippen molar-refractivity contribution in [2.24, 2.45) is 0 Å². The Morgan fingerprint density at radius 1 is 0.861 bits per heavy atom. The Hall–Kier alpha value is -3.41. The SMILES string of the molecule is CC(=O)COc1cc(Cl)c(Cc2ccc(O)c(C(c3ccc(F)cc3)c3ccc(F)cc3)c2)c(Cl)c1. The second-order valence-electron chi connectivity index (χ2n) is 8.46. The number of ketones is 1. The zero-order valence-electron chi connectivity index (χ0n) is 19.3. The predicted octanol–water partition coefficient (Wildman–Crippen LogP) is 7.72. The molecule has 0 aliphatic carbocycles. The fourth-order valence-electron chi connectivity index (χ4n) is 4.03. The van der Waals surface area contributed by atoms with Gasteiger partial charge in [0.25, 0.3) is 0 Å². The van der Waals surface area contributed by atoms with Gasteiger partial charge in [0.15, 0.2) is 5.78 Å². The van der Waals surface area contributed by atoms with Gasteiger partial charge in [-0.15, -0.1) is 0 Å². The van der Waals surface area contributed by atoms with Crippen LogP contribution < -0.4 is 4.74 Å². The number of ether oxygens (including phenoxy) is 1. The molecule has 0 aliphatic rings. The van der Waals surface area contributed by atoms with Crippen LogP contribution in [0.15, 0.2) is 78.9 Å². The quantitative estimate of drug-likeness (QED) is 0.239. The lowest BCUT2D eigenvalue weighted by Crippen LogP contribution is -2.07. The molecule has 4 aromatic rings. The zero-order chi connectivity index (χ0) is 25.8. The molecule has 0 unspecified atom stereocenters. The van der Waals surface area contributed by atoms with Crippen LogP contribution >= 0.6 is 23.2 Å². The van der Waals surface area contributed by atoms with Crippen LogP contribution in [0.25, 0.3) is 0 Å². The maximum Gasteiger partial charge on any atom is 0.167 e. The van der Waals surface area contributed by atoms with Crippen molar-refractivity contribution >= 4 is 29.0 Å². The number of rotatable bonds is 8. The summed E-state index contributed by atoms with van der Waals surface area (Å²) in [6.45, 7) is 1.34. The highest BCUT2D eigenvalue weighted by Crippen LogP contribution is 2.39. The molecule has 184 valence electrons. The van der Waals surface area contributed by atoms with E-state index in [9.17, 15) is 18.7 Å². The Morgan fingerprint density at radius 3 is 1.89 bits per heavy atom. The molecule has 36 heavy (non-hydrogen) atoms. The number of carbonyl (C=O) groups excluding carboxylic acids is 1. The van der Waals surface area contributed by atoms with Crippen molar-refractivity contribution in [3.63, 3.8) is 0 Å². The van der Waals surface area contributed by atoms with E-state index in [2.05, 4.69) is 0 Å². The van der Waals surface area contributed by atoms with E-state index in [4.69, 9.17) is 27.9 Å². The van der Waals surface area contributed by atoms with Crippen molar-refractivity contribution in [1.82, 2.24) is 0 Å². The number of benzene rings is 4. The number of Topliss-reactive ketones (excluding diaryl/α,β-unsaturated/α-hetero) is 1. The van der Waals surface area contributed by atoms with Crippen molar-refractivity contribution in [3.05, 3.63) is 128 Å². The van der Waals surface area contributed by atoms with Gasteiger partial charge in [0.1, 0.15) is 29.7 Å². The van der Waals surface area contributed by atoms with Crippen LogP contribution in [-0.4, -0.2) is 17.5 Å². The van der Waals surface area contributed by atoms with Crippen LogP contribution in [-0.2, 0) is 11.2 Å². The van der Waals surface area contributed by atoms with Crippen LogP contribution in [0.4, 0.5) is 8.78 Å². The lowest BCUT2D eigenvalue weighted by atomic mass is 9.83. The minimum atomic E-state index is -0.473. The molecule has 1 N–H and O–H groups in total. The standard InChI is InChI=1S/C29H22Cl2F2O3/c1-17(34)16-36-23-14-26(30)24(27(31)15-23)12-18-2-11-28(35)25(13-18)29(19-3-7-21(32)8-4-19)20-5-9-22(33)10-6-20/h2-11,13-15,29,35H,12,16H2,1H3. The zero-order valence-corrected chi connectivity index (χ0v) is 20.8. The second kappa shape index (κ2) is 11.1. The summed E-state index contributed by atoms with van der Waals surface area (Å²) in [6, 6.07) is 20.3. The molecule has 3 nitrogen and oxygen atoms in total. The van der Waals surface area contributed by atoms with Gasteiger partial charge in [-0.3, -0.25) is 4.79 Å². The Morgan fingerprint density at radius 2 is 1.39 bits per heavy atom. The van der Waals surface area contributed by atoms with Crippen molar-refractivity contribution in [3.8, 4) is 11.5 Å². The summed E-state index contributed by atoms with van der Waals surface area (Å²) in [4.78, 5) is 11.2. The third-order valence-electron chi connectivity index (χ3n) is 5.75. The Kier molecular flexibility index (Phi) is 7.92. The first-order chi connectivity index (χ1) is 17.2. The van der Waals surface area contributed by atoms with Crippen LogP contribution in [0.3, 0.4) is 0 Å². The van der Waals surface area contributed by atoms with Gasteiger partial charge in [0.2, 0.25) is 0 Å². The van der Waals surface area contributed by atoms with E-state index in [-0.39, 0.29) is 29.8 Å². The third-order valence-corrected chi connectivity index (χ3v) is 6.42. The average molecular weight is 527 g/mol. The first kappa shape index (κ1) is 25.7. The first-order valence-corrected chi connectivity index (χ1v) is 11.9. The topological polar surface area (TPSA) is 46.5 Å². The molecule has 4 rings (SSSR count). The predicted molar refractivity (Wildman–Crippen MR) is 137 cm³/mol. The highest BCUT2D eigenvalue weighted by molar-refractivity contribution is 6.36. The molecule has 0 bridgehead atoms. The van der Waals surface area contributed by atoms with Gasteiger partial charge in [-0.1, -0.05) is 59.6 Å². The van der Waals surface area contributed by atoms with Crippen molar-refractivity contribution in [2.75, 3.05) is 6.61 Å². The van der Waals surface area contributed by atoms with E-state index < -0.39 is 5.92 Å². The molecule has 4 aromatic carbocycles. The number of phenols is 1. The molecule has 0 saturated carbocycles. The minimum absolute atomic E-state index is 0.0441. The normalized spacial score (nSPS) is 11.1. The monoisotopic (exact) mass is 526 g/mol. The van der Waals surface area contributed by atoms with Crippen molar-refractivity contribution in [2.45, 2.75) is 19.3 Å². The fraction of sp³-hybridized carbons (Fsp3) is 0.138. The number of hydrogen-bond acceptors (Lipinski definition) is 3. The molecular weight excluding hydrogens is 505 g/mol. The minimum Gasteiger partial charge on any atom is -0.508 e. The molecule has 0 spiro atoms. The van der Waals surface area contributed by atoms with Gasteiger partial charge in [0, 0.05) is 27.9 Å². The summed E-state index contributed by atoms with van der Waals surface area (Å²) in [5.74, 6) is -0.922. The van der Waals surface area contributed by atoms with Gasteiger partial charge >= 0.3 is 0 Å². The molecule has 0 amide bonds. The smallest absolute Gasteiger partial charge is 0.167 e. The number of halogens is 4. The molecular formula is C29H22Cl2F2O3. The average Bonchev–Trinajstić information content (AvgIpc) is 2.84. The fourth-order valence-corrected chi connectivity index (χ4v) is 4.63.